The molecular weight excluding hydrogens is 160 g/mol. The van der Waals surface area contributed by atoms with E-state index in [4.69, 9.17) is 0 Å². The van der Waals surface area contributed by atoms with Gasteiger partial charge in [-0.2, -0.15) is 0 Å². The quantitative estimate of drug-likeness (QED) is 0.479. The zero-order chi connectivity index (χ0) is 10.5. The van der Waals surface area contributed by atoms with Crippen LogP contribution in [-0.2, 0) is 0 Å². The fourth-order valence-corrected chi connectivity index (χ4v) is 1.02. The molecule has 0 spiro atoms. The highest BCUT2D eigenvalue weighted by Gasteiger charge is 2.19. The minimum absolute atomic E-state index is 0.0439. The first kappa shape index (κ1) is 11.7. The van der Waals surface area contributed by atoms with E-state index in [0.717, 1.165) is 5.84 Å². The van der Waals surface area contributed by atoms with Gasteiger partial charge in [0.2, 0.25) is 0 Å². The van der Waals surface area contributed by atoms with Gasteiger partial charge < -0.3 is 4.90 Å². The van der Waals surface area contributed by atoms with Gasteiger partial charge in [-0.3, -0.25) is 0 Å². The van der Waals surface area contributed by atoms with Crippen LogP contribution >= 0.6 is 0 Å². The molecule has 0 amide bonds. The third-order valence-corrected chi connectivity index (χ3v) is 1.56. The molecule has 0 rings (SSSR count). The maximum atomic E-state index is 4.10. The minimum Gasteiger partial charge on any atom is -0.328 e. The Morgan fingerprint density at radius 2 is 1.77 bits per heavy atom. The van der Waals surface area contributed by atoms with Crippen LogP contribution < -0.4 is 0 Å². The van der Waals surface area contributed by atoms with Crippen molar-refractivity contribution in [2.45, 2.75) is 26.3 Å². The maximum Gasteiger partial charge on any atom is 0.132 e. The third kappa shape index (κ3) is 3.28. The normalized spacial score (nSPS) is 12.1. The largest absolute Gasteiger partial charge is 0.328 e. The Balaban J connectivity index is 4.95. The molecule has 0 aromatic carbocycles. The number of hydrogen-bond donors (Lipinski definition) is 0. The number of nitrogens with zero attached hydrogens (tertiary/aromatic N) is 2. The molecule has 0 unspecified atom stereocenters. The summed E-state index contributed by atoms with van der Waals surface area (Å²) in [4.78, 5) is 6.04. The molecule has 0 aliphatic rings. The highest BCUT2D eigenvalue weighted by atomic mass is 15.2. The fraction of sp³-hybridized carbons (Fsp3) is 0.364. The van der Waals surface area contributed by atoms with Crippen molar-refractivity contribution in [3.05, 3.63) is 38.2 Å². The van der Waals surface area contributed by atoms with Crippen LogP contribution in [0.4, 0.5) is 0 Å². The molecule has 2 heteroatoms. The summed E-state index contributed by atoms with van der Waals surface area (Å²) in [6, 6.07) is 0. The molecule has 0 saturated heterocycles. The van der Waals surface area contributed by atoms with Crippen molar-refractivity contribution >= 4 is 5.84 Å². The minimum atomic E-state index is -0.0439. The molecule has 0 fully saturated rings. The van der Waals surface area contributed by atoms with E-state index in [9.17, 15) is 0 Å². The molecule has 0 aliphatic heterocycles. The fourth-order valence-electron chi connectivity index (χ4n) is 1.02. The molecule has 2 nitrogen and oxygen atoms in total. The Labute approximate surface area is 81.0 Å². The van der Waals surface area contributed by atoms with Crippen molar-refractivity contribution in [3.63, 3.8) is 0 Å². The second kappa shape index (κ2) is 4.65. The summed E-state index contributed by atoms with van der Waals surface area (Å²) in [6.07, 6.45) is 4.93. The Hall–Kier alpha value is -1.31. The first-order chi connectivity index (χ1) is 5.97. The molecular formula is C11H18N2. The Kier molecular flexibility index (Phi) is 4.18. The van der Waals surface area contributed by atoms with Crippen LogP contribution in [0.15, 0.2) is 43.2 Å². The van der Waals surface area contributed by atoms with Gasteiger partial charge in [-0.15, -0.1) is 0 Å². The van der Waals surface area contributed by atoms with Gasteiger partial charge in [0.1, 0.15) is 5.84 Å². The standard InChI is InChI=1S/C11H18N2/c1-7-10(12-8-2)13(9-3)11(4,5)6/h7-9H,1-3H2,4-6H3. The highest BCUT2D eigenvalue weighted by Crippen LogP contribution is 2.14. The SMILES string of the molecule is C=CN=C(C=C)N(C=C)C(C)(C)C. The van der Waals surface area contributed by atoms with E-state index < -0.39 is 0 Å². The van der Waals surface area contributed by atoms with E-state index >= 15 is 0 Å². The predicted molar refractivity (Wildman–Crippen MR) is 59.6 cm³/mol. The Morgan fingerprint density at radius 3 is 2.00 bits per heavy atom. The van der Waals surface area contributed by atoms with Gasteiger partial charge in [0, 0.05) is 11.7 Å². The summed E-state index contributed by atoms with van der Waals surface area (Å²) < 4.78 is 0. The van der Waals surface area contributed by atoms with Crippen LogP contribution in [0.25, 0.3) is 0 Å². The van der Waals surface area contributed by atoms with E-state index in [0.29, 0.717) is 0 Å². The molecule has 13 heavy (non-hydrogen) atoms. The van der Waals surface area contributed by atoms with E-state index in [2.05, 4.69) is 45.5 Å². The molecule has 0 aromatic rings. The maximum absolute atomic E-state index is 4.10. The summed E-state index contributed by atoms with van der Waals surface area (Å²) in [5.41, 5.74) is -0.0439. The smallest absolute Gasteiger partial charge is 0.132 e. The van der Waals surface area contributed by atoms with Crippen LogP contribution in [0.1, 0.15) is 20.8 Å². The molecule has 0 saturated carbocycles. The lowest BCUT2D eigenvalue weighted by atomic mass is 10.1. The molecule has 0 aromatic heterocycles. The zero-order valence-electron chi connectivity index (χ0n) is 8.75. The van der Waals surface area contributed by atoms with E-state index in [-0.39, 0.29) is 5.54 Å². The van der Waals surface area contributed by atoms with Crippen LogP contribution in [0, 0.1) is 0 Å². The molecule has 0 atom stereocenters. The average molecular weight is 178 g/mol. The molecule has 0 N–H and O–H groups in total. The number of amidine groups is 1. The van der Waals surface area contributed by atoms with Gasteiger partial charge in [0.05, 0.1) is 0 Å². The van der Waals surface area contributed by atoms with Crippen LogP contribution in [-0.4, -0.2) is 16.3 Å². The van der Waals surface area contributed by atoms with Crippen LogP contribution in [0.2, 0.25) is 0 Å². The lowest BCUT2D eigenvalue weighted by molar-refractivity contribution is 0.314. The topological polar surface area (TPSA) is 15.6 Å². The van der Waals surface area contributed by atoms with Crippen molar-refractivity contribution in [1.29, 1.82) is 0 Å². The van der Waals surface area contributed by atoms with Gasteiger partial charge in [-0.25, -0.2) is 4.99 Å². The molecule has 0 aliphatic carbocycles. The van der Waals surface area contributed by atoms with Crippen molar-refractivity contribution < 1.29 is 0 Å². The van der Waals surface area contributed by atoms with E-state index in [1.54, 1.807) is 12.3 Å². The Morgan fingerprint density at radius 1 is 1.23 bits per heavy atom. The van der Waals surface area contributed by atoms with Gasteiger partial charge in [-0.05, 0) is 33.0 Å². The zero-order valence-corrected chi connectivity index (χ0v) is 8.75. The summed E-state index contributed by atoms with van der Waals surface area (Å²) in [7, 11) is 0. The van der Waals surface area contributed by atoms with Crippen molar-refractivity contribution in [2.24, 2.45) is 4.99 Å². The van der Waals surface area contributed by atoms with Crippen molar-refractivity contribution in [3.8, 4) is 0 Å². The van der Waals surface area contributed by atoms with Crippen LogP contribution in [0.3, 0.4) is 0 Å². The summed E-state index contributed by atoms with van der Waals surface area (Å²) in [5, 5.41) is 0. The van der Waals surface area contributed by atoms with Gasteiger partial charge in [-0.1, -0.05) is 19.7 Å². The van der Waals surface area contributed by atoms with Crippen molar-refractivity contribution in [2.75, 3.05) is 0 Å². The number of aliphatic imine (C=N–C) groups is 1. The van der Waals surface area contributed by atoms with Gasteiger partial charge in [0.15, 0.2) is 0 Å². The number of rotatable bonds is 3. The summed E-state index contributed by atoms with van der Waals surface area (Å²) in [6.45, 7) is 17.2. The predicted octanol–water partition coefficient (Wildman–Crippen LogP) is 2.96. The monoisotopic (exact) mass is 178 g/mol. The van der Waals surface area contributed by atoms with Crippen LogP contribution in [0.5, 0.6) is 0 Å². The average Bonchev–Trinajstić information content (AvgIpc) is 2.01. The first-order valence-electron chi connectivity index (χ1n) is 4.20. The van der Waals surface area contributed by atoms with E-state index in [1.807, 2.05) is 4.90 Å². The first-order valence-corrected chi connectivity index (χ1v) is 4.20. The summed E-state index contributed by atoms with van der Waals surface area (Å²) >= 11 is 0. The lowest BCUT2D eigenvalue weighted by Crippen LogP contribution is -2.40. The third-order valence-electron chi connectivity index (χ3n) is 1.56. The molecule has 0 radical (unpaired) electrons. The second-order valence-electron chi connectivity index (χ2n) is 3.60. The molecule has 0 bridgehead atoms. The van der Waals surface area contributed by atoms with E-state index in [1.165, 1.54) is 6.20 Å². The molecule has 72 valence electrons. The number of hydrogen-bond acceptors (Lipinski definition) is 1. The second-order valence-corrected chi connectivity index (χ2v) is 3.60. The Bertz CT molecular complexity index is 231. The summed E-state index contributed by atoms with van der Waals surface area (Å²) in [5.74, 6) is 0.762. The van der Waals surface area contributed by atoms with Gasteiger partial charge in [0.25, 0.3) is 0 Å². The molecule has 0 heterocycles. The highest BCUT2D eigenvalue weighted by molar-refractivity contribution is 5.94. The van der Waals surface area contributed by atoms with Gasteiger partial charge >= 0.3 is 0 Å². The lowest BCUT2D eigenvalue weighted by Gasteiger charge is -2.33. The van der Waals surface area contributed by atoms with Crippen molar-refractivity contribution in [1.82, 2.24) is 4.90 Å².